The summed E-state index contributed by atoms with van der Waals surface area (Å²) in [6.45, 7) is 0. The molecule has 5 heteroatoms. The Balaban J connectivity index is 1.82. The van der Waals surface area contributed by atoms with Gasteiger partial charge in [0.15, 0.2) is 0 Å². The maximum absolute atomic E-state index is 14.5. The van der Waals surface area contributed by atoms with Crippen molar-refractivity contribution in [3.05, 3.63) is 53.8 Å². The molecule has 1 N–H and O–H groups in total. The Morgan fingerprint density at radius 2 is 1.88 bits per heavy atom. The van der Waals surface area contributed by atoms with E-state index in [0.29, 0.717) is 5.52 Å². The lowest BCUT2D eigenvalue weighted by atomic mass is 10.0. The molecule has 4 nitrogen and oxygen atoms in total. The van der Waals surface area contributed by atoms with Crippen molar-refractivity contribution in [2.24, 2.45) is 0 Å². The molecule has 0 bridgehead atoms. The van der Waals surface area contributed by atoms with Gasteiger partial charge in [0.05, 0.1) is 12.5 Å². The first-order valence-corrected chi connectivity index (χ1v) is 8.61. The van der Waals surface area contributed by atoms with Gasteiger partial charge in [0, 0.05) is 10.9 Å². The summed E-state index contributed by atoms with van der Waals surface area (Å²) in [5, 5.41) is 14.4. The third-order valence-electron chi connectivity index (χ3n) is 4.93. The van der Waals surface area contributed by atoms with Gasteiger partial charge in [-0.3, -0.25) is 9.48 Å². The van der Waals surface area contributed by atoms with E-state index in [0.717, 1.165) is 47.9 Å². The van der Waals surface area contributed by atoms with Crippen LogP contribution < -0.4 is 0 Å². The Morgan fingerprint density at radius 1 is 1.16 bits per heavy atom. The summed E-state index contributed by atoms with van der Waals surface area (Å²) in [4.78, 5) is 10.8. The van der Waals surface area contributed by atoms with Gasteiger partial charge in [0.1, 0.15) is 17.0 Å². The first-order chi connectivity index (χ1) is 12.1. The molecule has 0 atom stereocenters. The summed E-state index contributed by atoms with van der Waals surface area (Å²) in [5.74, 6) is -1.10. The molecule has 25 heavy (non-hydrogen) atoms. The maximum atomic E-state index is 14.5. The molecule has 1 aliphatic rings. The number of nitrogens with zero attached hydrogens (tertiary/aromatic N) is 2. The van der Waals surface area contributed by atoms with E-state index in [-0.39, 0.29) is 18.3 Å². The fraction of sp³-hybridized carbons (Fsp3) is 0.300. The van der Waals surface area contributed by atoms with E-state index in [1.165, 1.54) is 6.07 Å². The number of hydrogen-bond donors (Lipinski definition) is 1. The Bertz CT molecular complexity index is 925. The van der Waals surface area contributed by atoms with Crippen LogP contribution >= 0.6 is 0 Å². The van der Waals surface area contributed by atoms with Crippen LogP contribution in [0.15, 0.2) is 42.5 Å². The van der Waals surface area contributed by atoms with Crippen LogP contribution in [-0.2, 0) is 11.2 Å². The summed E-state index contributed by atoms with van der Waals surface area (Å²) < 4.78 is 16.4. The third-order valence-corrected chi connectivity index (χ3v) is 4.93. The number of rotatable bonds is 4. The average Bonchev–Trinajstić information content (AvgIpc) is 3.23. The van der Waals surface area contributed by atoms with Gasteiger partial charge in [-0.05, 0) is 24.5 Å². The van der Waals surface area contributed by atoms with Gasteiger partial charge in [-0.15, -0.1) is 0 Å². The van der Waals surface area contributed by atoms with Gasteiger partial charge in [-0.2, -0.15) is 5.10 Å². The second kappa shape index (κ2) is 6.31. The van der Waals surface area contributed by atoms with Crippen molar-refractivity contribution < 1.29 is 14.3 Å². The van der Waals surface area contributed by atoms with E-state index in [1.807, 2.05) is 22.9 Å². The highest BCUT2D eigenvalue weighted by Crippen LogP contribution is 2.36. The second-order valence-electron chi connectivity index (χ2n) is 6.63. The van der Waals surface area contributed by atoms with Crippen LogP contribution in [0.2, 0.25) is 0 Å². The molecule has 0 aliphatic heterocycles. The quantitative estimate of drug-likeness (QED) is 0.757. The topological polar surface area (TPSA) is 55.1 Å². The zero-order valence-electron chi connectivity index (χ0n) is 13.8. The monoisotopic (exact) mass is 338 g/mol. The van der Waals surface area contributed by atoms with Crippen LogP contribution in [0.4, 0.5) is 4.39 Å². The number of carbonyl (C=O) groups is 1. The van der Waals surface area contributed by atoms with Crippen molar-refractivity contribution in [3.8, 4) is 11.3 Å². The minimum Gasteiger partial charge on any atom is -0.481 e. The maximum Gasteiger partial charge on any atom is 0.307 e. The van der Waals surface area contributed by atoms with Gasteiger partial charge >= 0.3 is 5.97 Å². The van der Waals surface area contributed by atoms with E-state index in [9.17, 15) is 9.18 Å². The van der Waals surface area contributed by atoms with Crippen LogP contribution in [0.3, 0.4) is 0 Å². The average molecular weight is 338 g/mol. The van der Waals surface area contributed by atoms with Gasteiger partial charge in [0.25, 0.3) is 0 Å². The molecule has 1 aromatic heterocycles. The predicted molar refractivity (Wildman–Crippen MR) is 94.0 cm³/mol. The molecular formula is C20H19FN2O2. The van der Waals surface area contributed by atoms with Crippen molar-refractivity contribution in [1.29, 1.82) is 0 Å². The number of aromatic nitrogens is 2. The number of aliphatic carboxylic acids is 1. The molecule has 0 spiro atoms. The Labute approximate surface area is 144 Å². The Hall–Kier alpha value is -2.69. The molecule has 3 aromatic rings. The second-order valence-corrected chi connectivity index (χ2v) is 6.63. The van der Waals surface area contributed by atoms with Crippen LogP contribution in [0.5, 0.6) is 0 Å². The largest absolute Gasteiger partial charge is 0.481 e. The molecule has 1 saturated carbocycles. The van der Waals surface area contributed by atoms with Gasteiger partial charge in [-0.25, -0.2) is 4.39 Å². The molecule has 0 radical (unpaired) electrons. The molecule has 128 valence electrons. The fourth-order valence-electron chi connectivity index (χ4n) is 3.73. The van der Waals surface area contributed by atoms with Crippen LogP contribution in [0.25, 0.3) is 22.2 Å². The minimum atomic E-state index is -0.856. The third kappa shape index (κ3) is 2.90. The molecular weight excluding hydrogens is 319 g/mol. The van der Waals surface area contributed by atoms with Crippen molar-refractivity contribution in [2.75, 3.05) is 0 Å². The van der Waals surface area contributed by atoms with Crippen LogP contribution in [-0.4, -0.2) is 20.9 Å². The molecule has 1 aliphatic carbocycles. The summed E-state index contributed by atoms with van der Waals surface area (Å²) in [6.07, 6.45) is 4.36. The number of carboxylic acid groups (broad SMARTS) is 1. The van der Waals surface area contributed by atoms with E-state index in [1.54, 1.807) is 18.2 Å². The van der Waals surface area contributed by atoms with Crippen LogP contribution in [0.1, 0.15) is 37.3 Å². The lowest BCUT2D eigenvalue weighted by Crippen LogP contribution is -2.07. The van der Waals surface area contributed by atoms with Crippen molar-refractivity contribution in [3.63, 3.8) is 0 Å². The van der Waals surface area contributed by atoms with E-state index in [4.69, 9.17) is 10.2 Å². The first kappa shape index (κ1) is 15.8. The van der Waals surface area contributed by atoms with E-state index >= 15 is 0 Å². The van der Waals surface area contributed by atoms with E-state index < -0.39 is 5.97 Å². The minimum absolute atomic E-state index is 0.00777. The zero-order chi connectivity index (χ0) is 17.4. The molecule has 0 amide bonds. The summed E-state index contributed by atoms with van der Waals surface area (Å²) in [6, 6.07) is 12.7. The number of halogens is 1. The summed E-state index contributed by atoms with van der Waals surface area (Å²) in [7, 11) is 0. The highest BCUT2D eigenvalue weighted by atomic mass is 19.1. The van der Waals surface area contributed by atoms with Crippen molar-refractivity contribution >= 4 is 16.9 Å². The zero-order valence-corrected chi connectivity index (χ0v) is 13.8. The standard InChI is InChI=1S/C20H19FN2O2/c21-17-7-3-6-16-19(14-10-8-13(9-11-14)12-18(24)25)22-23(20(16)17)15-4-1-2-5-15/h3,6-11,15H,1-2,4-5,12H2,(H,24,25). The molecule has 4 rings (SSSR count). The van der Waals surface area contributed by atoms with Gasteiger partial charge in [-0.1, -0.05) is 49.2 Å². The molecule has 2 aromatic carbocycles. The van der Waals surface area contributed by atoms with Crippen molar-refractivity contribution in [1.82, 2.24) is 9.78 Å². The molecule has 1 fully saturated rings. The lowest BCUT2D eigenvalue weighted by Gasteiger charge is -2.11. The number of fused-ring (bicyclic) bond motifs is 1. The summed E-state index contributed by atoms with van der Waals surface area (Å²) >= 11 is 0. The number of hydrogen-bond acceptors (Lipinski definition) is 2. The number of carboxylic acids is 1. The van der Waals surface area contributed by atoms with Gasteiger partial charge < -0.3 is 5.11 Å². The predicted octanol–water partition coefficient (Wildman–Crippen LogP) is 4.58. The smallest absolute Gasteiger partial charge is 0.307 e. The SMILES string of the molecule is O=C(O)Cc1ccc(-c2nn(C3CCCC3)c3c(F)cccc23)cc1. The summed E-state index contributed by atoms with van der Waals surface area (Å²) in [5.41, 5.74) is 2.94. The highest BCUT2D eigenvalue weighted by molar-refractivity contribution is 5.93. The molecule has 1 heterocycles. The Morgan fingerprint density at radius 3 is 2.56 bits per heavy atom. The first-order valence-electron chi connectivity index (χ1n) is 8.61. The van der Waals surface area contributed by atoms with Crippen LogP contribution in [0, 0.1) is 5.82 Å². The molecule has 0 saturated heterocycles. The fourth-order valence-corrected chi connectivity index (χ4v) is 3.73. The van der Waals surface area contributed by atoms with Gasteiger partial charge in [0.2, 0.25) is 0 Å². The Kier molecular flexibility index (Phi) is 3.99. The lowest BCUT2D eigenvalue weighted by molar-refractivity contribution is -0.136. The normalized spacial score (nSPS) is 15.1. The highest BCUT2D eigenvalue weighted by Gasteiger charge is 2.23. The molecule has 0 unspecified atom stereocenters. The number of benzene rings is 2. The van der Waals surface area contributed by atoms with Crippen molar-refractivity contribution in [2.45, 2.75) is 38.1 Å². The van der Waals surface area contributed by atoms with E-state index in [2.05, 4.69) is 0 Å². The number of para-hydroxylation sites is 1.